The Hall–Kier alpha value is -1.48. The first kappa shape index (κ1) is 11.0. The lowest BCUT2D eigenvalue weighted by Gasteiger charge is -2.05. The van der Waals surface area contributed by atoms with Crippen molar-refractivity contribution in [1.29, 1.82) is 0 Å². The van der Waals surface area contributed by atoms with Crippen molar-refractivity contribution in [1.82, 2.24) is 0 Å². The second-order valence-electron chi connectivity index (χ2n) is 3.51. The number of aryl methyl sites for hydroxylation is 1. The molecule has 1 aromatic carbocycles. The van der Waals surface area contributed by atoms with E-state index in [-0.39, 0.29) is 5.02 Å². The summed E-state index contributed by atoms with van der Waals surface area (Å²) in [6.07, 6.45) is 1.64. The highest BCUT2D eigenvalue weighted by Gasteiger charge is 2.03. The zero-order chi connectivity index (χ0) is 11.5. The van der Waals surface area contributed by atoms with Gasteiger partial charge in [0.25, 0.3) is 0 Å². The molecule has 1 aromatic heterocycles. The highest BCUT2D eigenvalue weighted by molar-refractivity contribution is 6.31. The molecule has 2 nitrogen and oxygen atoms in total. The molecule has 0 aliphatic rings. The fourth-order valence-electron chi connectivity index (χ4n) is 1.37. The van der Waals surface area contributed by atoms with E-state index in [1.165, 1.54) is 6.07 Å². The third-order valence-electron chi connectivity index (χ3n) is 2.34. The van der Waals surface area contributed by atoms with Crippen LogP contribution in [-0.2, 0) is 6.54 Å². The van der Waals surface area contributed by atoms with Crippen LogP contribution in [-0.4, -0.2) is 0 Å². The third kappa shape index (κ3) is 2.36. The van der Waals surface area contributed by atoms with Gasteiger partial charge in [0.2, 0.25) is 0 Å². The van der Waals surface area contributed by atoms with Crippen LogP contribution in [0.25, 0.3) is 0 Å². The summed E-state index contributed by atoms with van der Waals surface area (Å²) in [5.74, 6) is 0.446. The molecule has 0 bridgehead atoms. The number of benzene rings is 1. The SMILES string of the molecule is Cc1ccoc1CNc1ccc(F)c(Cl)c1. The van der Waals surface area contributed by atoms with Crippen LogP contribution >= 0.6 is 11.6 Å². The van der Waals surface area contributed by atoms with Crippen LogP contribution in [0.5, 0.6) is 0 Å². The van der Waals surface area contributed by atoms with Crippen LogP contribution < -0.4 is 5.32 Å². The van der Waals surface area contributed by atoms with Gasteiger partial charge in [-0.25, -0.2) is 4.39 Å². The quantitative estimate of drug-likeness (QED) is 0.876. The molecule has 0 unspecified atom stereocenters. The lowest BCUT2D eigenvalue weighted by molar-refractivity contribution is 0.515. The molecule has 0 saturated carbocycles. The zero-order valence-electron chi connectivity index (χ0n) is 8.76. The molecule has 0 atom stereocenters. The van der Waals surface area contributed by atoms with Crippen LogP contribution in [0, 0.1) is 12.7 Å². The molecule has 16 heavy (non-hydrogen) atoms. The van der Waals surface area contributed by atoms with E-state index < -0.39 is 5.82 Å². The Morgan fingerprint density at radius 2 is 2.19 bits per heavy atom. The average molecular weight is 240 g/mol. The average Bonchev–Trinajstić information content (AvgIpc) is 2.66. The molecule has 0 spiro atoms. The fourth-order valence-corrected chi connectivity index (χ4v) is 1.55. The summed E-state index contributed by atoms with van der Waals surface area (Å²) in [5.41, 5.74) is 1.85. The number of hydrogen-bond acceptors (Lipinski definition) is 2. The Morgan fingerprint density at radius 3 is 2.81 bits per heavy atom. The van der Waals surface area contributed by atoms with Gasteiger partial charge in [0.15, 0.2) is 0 Å². The molecule has 84 valence electrons. The topological polar surface area (TPSA) is 25.2 Å². The highest BCUT2D eigenvalue weighted by Crippen LogP contribution is 2.20. The van der Waals surface area contributed by atoms with E-state index in [1.54, 1.807) is 18.4 Å². The largest absolute Gasteiger partial charge is 0.467 e. The van der Waals surface area contributed by atoms with Gasteiger partial charge in [-0.3, -0.25) is 0 Å². The predicted octanol–water partition coefficient (Wildman–Crippen LogP) is 3.99. The summed E-state index contributed by atoms with van der Waals surface area (Å²) in [4.78, 5) is 0. The van der Waals surface area contributed by atoms with E-state index in [0.717, 1.165) is 17.0 Å². The first-order valence-electron chi connectivity index (χ1n) is 4.88. The number of rotatable bonds is 3. The number of anilines is 1. The lowest BCUT2D eigenvalue weighted by atomic mass is 10.2. The maximum Gasteiger partial charge on any atom is 0.141 e. The summed E-state index contributed by atoms with van der Waals surface area (Å²) in [7, 11) is 0. The van der Waals surface area contributed by atoms with Crippen molar-refractivity contribution in [2.45, 2.75) is 13.5 Å². The van der Waals surface area contributed by atoms with E-state index in [0.29, 0.717) is 6.54 Å². The molecule has 2 aromatic rings. The van der Waals surface area contributed by atoms with E-state index >= 15 is 0 Å². The van der Waals surface area contributed by atoms with Crippen molar-refractivity contribution in [2.75, 3.05) is 5.32 Å². The molecule has 0 saturated heterocycles. The molecule has 1 N–H and O–H groups in total. The Balaban J connectivity index is 2.05. The molecule has 0 aliphatic carbocycles. The molecule has 4 heteroatoms. The minimum absolute atomic E-state index is 0.112. The van der Waals surface area contributed by atoms with E-state index in [4.69, 9.17) is 16.0 Å². The maximum atomic E-state index is 12.9. The van der Waals surface area contributed by atoms with Gasteiger partial charge < -0.3 is 9.73 Å². The molecule has 0 radical (unpaired) electrons. The van der Waals surface area contributed by atoms with E-state index in [2.05, 4.69) is 5.32 Å². The zero-order valence-corrected chi connectivity index (χ0v) is 9.51. The van der Waals surface area contributed by atoms with Crippen LogP contribution in [0.1, 0.15) is 11.3 Å². The van der Waals surface area contributed by atoms with E-state index in [9.17, 15) is 4.39 Å². The second kappa shape index (κ2) is 4.58. The highest BCUT2D eigenvalue weighted by atomic mass is 35.5. The minimum atomic E-state index is -0.415. The van der Waals surface area contributed by atoms with Gasteiger partial charge in [0.05, 0.1) is 17.8 Å². The van der Waals surface area contributed by atoms with Crippen LogP contribution in [0.3, 0.4) is 0 Å². The van der Waals surface area contributed by atoms with Crippen LogP contribution in [0.15, 0.2) is 34.9 Å². The Bertz CT molecular complexity index is 496. The van der Waals surface area contributed by atoms with Gasteiger partial charge in [0, 0.05) is 5.69 Å². The van der Waals surface area contributed by atoms with E-state index in [1.807, 2.05) is 13.0 Å². The molecular formula is C12H11ClFNO. The normalized spacial score (nSPS) is 10.4. The Morgan fingerprint density at radius 1 is 1.38 bits per heavy atom. The summed E-state index contributed by atoms with van der Waals surface area (Å²) in [5, 5.41) is 3.22. The summed E-state index contributed by atoms with van der Waals surface area (Å²) >= 11 is 5.67. The van der Waals surface area contributed by atoms with Crippen LogP contribution in [0.4, 0.5) is 10.1 Å². The monoisotopic (exact) mass is 239 g/mol. The number of nitrogens with one attached hydrogen (secondary N) is 1. The van der Waals surface area contributed by atoms with Crippen molar-refractivity contribution >= 4 is 17.3 Å². The van der Waals surface area contributed by atoms with Gasteiger partial charge in [-0.05, 0) is 36.8 Å². The summed E-state index contributed by atoms with van der Waals surface area (Å²) in [6.45, 7) is 2.53. The number of furan rings is 1. The number of halogens is 2. The first-order valence-corrected chi connectivity index (χ1v) is 5.26. The van der Waals surface area contributed by atoms with Crippen LogP contribution in [0.2, 0.25) is 5.02 Å². The molecule has 0 aliphatic heterocycles. The second-order valence-corrected chi connectivity index (χ2v) is 3.92. The summed E-state index contributed by atoms with van der Waals surface area (Å²) < 4.78 is 18.2. The molecule has 0 amide bonds. The molecular weight excluding hydrogens is 229 g/mol. The summed E-state index contributed by atoms with van der Waals surface area (Å²) in [6, 6.07) is 6.42. The molecule has 0 fully saturated rings. The number of hydrogen-bond donors (Lipinski definition) is 1. The Labute approximate surface area is 98.0 Å². The third-order valence-corrected chi connectivity index (χ3v) is 2.63. The first-order chi connectivity index (χ1) is 7.66. The smallest absolute Gasteiger partial charge is 0.141 e. The van der Waals surface area contributed by atoms with Gasteiger partial charge in [-0.2, -0.15) is 0 Å². The standard InChI is InChI=1S/C12H11ClFNO/c1-8-4-5-16-12(8)7-15-9-2-3-11(14)10(13)6-9/h2-6,15H,7H2,1H3. The molecule has 1 heterocycles. The fraction of sp³-hybridized carbons (Fsp3) is 0.167. The minimum Gasteiger partial charge on any atom is -0.467 e. The van der Waals surface area contributed by atoms with Crippen molar-refractivity contribution < 1.29 is 8.81 Å². The van der Waals surface area contributed by atoms with Crippen molar-refractivity contribution in [3.05, 3.63) is 52.7 Å². The molecule has 2 rings (SSSR count). The van der Waals surface area contributed by atoms with Gasteiger partial charge in [-0.15, -0.1) is 0 Å². The predicted molar refractivity (Wildman–Crippen MR) is 62.2 cm³/mol. The van der Waals surface area contributed by atoms with Gasteiger partial charge in [-0.1, -0.05) is 11.6 Å². The van der Waals surface area contributed by atoms with Gasteiger partial charge in [0.1, 0.15) is 11.6 Å². The lowest BCUT2D eigenvalue weighted by Crippen LogP contribution is -1.99. The van der Waals surface area contributed by atoms with Crippen molar-refractivity contribution in [2.24, 2.45) is 0 Å². The van der Waals surface area contributed by atoms with Crippen molar-refractivity contribution in [3.8, 4) is 0 Å². The van der Waals surface area contributed by atoms with Gasteiger partial charge >= 0.3 is 0 Å². The Kier molecular flexibility index (Phi) is 3.15. The van der Waals surface area contributed by atoms with Crippen molar-refractivity contribution in [3.63, 3.8) is 0 Å². The maximum absolute atomic E-state index is 12.9.